The van der Waals surface area contributed by atoms with Crippen LogP contribution in [0, 0.1) is 5.92 Å². The molecular formula is C30H28N6O8. The summed E-state index contributed by atoms with van der Waals surface area (Å²) in [4.78, 5) is 50.2. The lowest BCUT2D eigenvalue weighted by Gasteiger charge is -2.17. The molecule has 2 heterocycles. The molecular weight excluding hydrogens is 572 g/mol. The van der Waals surface area contributed by atoms with Gasteiger partial charge in [-0.1, -0.05) is 24.3 Å². The number of carbonyl (C=O) groups is 4. The standard InChI is InChI=1S/C30H28N6O8/c1-15(41-29(39)20-9-5-7-11-24(20)43-17(3)37)35-27(23-14-19-13-22(19)26(23)32-35)28-31-34-36(33-28)16(2)42-30(40)21-10-6-8-12-25(21)44-18(4)38/h5-12,15-16,19,22H,13-14H2,1-4H3/t15?,16?,19-,22-/m1/s1. The van der Waals surface area contributed by atoms with E-state index in [2.05, 4.69) is 15.4 Å². The van der Waals surface area contributed by atoms with Gasteiger partial charge < -0.3 is 18.9 Å². The van der Waals surface area contributed by atoms with Gasteiger partial charge >= 0.3 is 23.9 Å². The van der Waals surface area contributed by atoms with Crippen molar-refractivity contribution < 1.29 is 38.1 Å². The number of hydrogen-bond donors (Lipinski definition) is 0. The third-order valence-electron chi connectivity index (χ3n) is 7.37. The Hall–Kier alpha value is -5.40. The molecule has 1 fully saturated rings. The third-order valence-corrected chi connectivity index (χ3v) is 7.37. The first-order valence-electron chi connectivity index (χ1n) is 14.0. The van der Waals surface area contributed by atoms with E-state index in [1.165, 1.54) is 38.1 Å². The quantitative estimate of drug-likeness (QED) is 0.202. The minimum atomic E-state index is -0.972. The van der Waals surface area contributed by atoms with Crippen LogP contribution in [0.2, 0.25) is 0 Å². The van der Waals surface area contributed by atoms with Crippen LogP contribution >= 0.6 is 0 Å². The van der Waals surface area contributed by atoms with Gasteiger partial charge in [0.05, 0.1) is 5.69 Å². The van der Waals surface area contributed by atoms with Crippen LogP contribution in [-0.4, -0.2) is 53.9 Å². The molecule has 2 aliphatic rings. The Morgan fingerprint density at radius 2 is 1.39 bits per heavy atom. The molecule has 14 nitrogen and oxygen atoms in total. The minimum Gasteiger partial charge on any atom is -0.436 e. The van der Waals surface area contributed by atoms with Crippen molar-refractivity contribution in [3.05, 3.63) is 70.9 Å². The van der Waals surface area contributed by atoms with Crippen molar-refractivity contribution in [2.75, 3.05) is 0 Å². The van der Waals surface area contributed by atoms with Crippen molar-refractivity contribution in [1.29, 1.82) is 0 Å². The van der Waals surface area contributed by atoms with Crippen LogP contribution < -0.4 is 9.47 Å². The summed E-state index contributed by atoms with van der Waals surface area (Å²) in [5, 5.41) is 17.6. The second kappa shape index (κ2) is 11.4. The first kappa shape index (κ1) is 28.7. The summed E-state index contributed by atoms with van der Waals surface area (Å²) in [5.74, 6) is -1.38. The molecule has 2 aromatic heterocycles. The van der Waals surface area contributed by atoms with Gasteiger partial charge in [0, 0.05) is 25.3 Å². The first-order chi connectivity index (χ1) is 21.1. The molecule has 2 unspecified atom stereocenters. The molecule has 226 valence electrons. The van der Waals surface area contributed by atoms with Crippen LogP contribution in [0.4, 0.5) is 0 Å². The second-order valence-electron chi connectivity index (χ2n) is 10.6. The van der Waals surface area contributed by atoms with Crippen LogP contribution in [0.25, 0.3) is 11.5 Å². The molecule has 2 aliphatic carbocycles. The average molecular weight is 601 g/mol. The molecule has 44 heavy (non-hydrogen) atoms. The summed E-state index contributed by atoms with van der Waals surface area (Å²) in [7, 11) is 0. The number of tetrazole rings is 1. The van der Waals surface area contributed by atoms with E-state index in [4.69, 9.17) is 24.0 Å². The first-order valence-corrected chi connectivity index (χ1v) is 14.0. The highest BCUT2D eigenvalue weighted by Crippen LogP contribution is 2.57. The maximum Gasteiger partial charge on any atom is 0.343 e. The molecule has 6 rings (SSSR count). The van der Waals surface area contributed by atoms with E-state index in [1.807, 2.05) is 0 Å². The van der Waals surface area contributed by atoms with Gasteiger partial charge in [0.2, 0.25) is 12.1 Å². The summed E-state index contributed by atoms with van der Waals surface area (Å²) >= 11 is 0. The van der Waals surface area contributed by atoms with Crippen molar-refractivity contribution in [2.24, 2.45) is 5.92 Å². The number of benzene rings is 2. The monoisotopic (exact) mass is 600 g/mol. The minimum absolute atomic E-state index is 0.0657. The maximum absolute atomic E-state index is 13.1. The number of rotatable bonds is 9. The normalized spacial score (nSPS) is 17.5. The van der Waals surface area contributed by atoms with E-state index in [1.54, 1.807) is 42.8 Å². The Balaban J connectivity index is 1.24. The predicted molar refractivity (Wildman–Crippen MR) is 149 cm³/mol. The fourth-order valence-corrected chi connectivity index (χ4v) is 5.32. The predicted octanol–water partition coefficient (Wildman–Crippen LogP) is 3.80. The van der Waals surface area contributed by atoms with Gasteiger partial charge in [-0.25, -0.2) is 14.3 Å². The van der Waals surface area contributed by atoms with Crippen LogP contribution in [0.5, 0.6) is 11.5 Å². The Morgan fingerprint density at radius 3 is 1.98 bits per heavy atom. The Kier molecular flexibility index (Phi) is 7.41. The summed E-state index contributed by atoms with van der Waals surface area (Å²) in [5.41, 5.74) is 2.56. The number of fused-ring (bicyclic) bond motifs is 3. The van der Waals surface area contributed by atoms with Crippen molar-refractivity contribution in [3.8, 4) is 23.0 Å². The van der Waals surface area contributed by atoms with E-state index in [9.17, 15) is 19.2 Å². The lowest BCUT2D eigenvalue weighted by molar-refractivity contribution is -0.132. The molecule has 0 N–H and O–H groups in total. The summed E-state index contributed by atoms with van der Waals surface area (Å²) < 4.78 is 23.2. The zero-order valence-corrected chi connectivity index (χ0v) is 24.3. The van der Waals surface area contributed by atoms with E-state index in [-0.39, 0.29) is 28.5 Å². The molecule has 1 saturated carbocycles. The van der Waals surface area contributed by atoms with Gasteiger partial charge in [0.25, 0.3) is 0 Å². The zero-order chi connectivity index (χ0) is 31.1. The van der Waals surface area contributed by atoms with Crippen molar-refractivity contribution in [2.45, 2.75) is 58.9 Å². The van der Waals surface area contributed by atoms with Crippen LogP contribution in [0.3, 0.4) is 0 Å². The molecule has 0 radical (unpaired) electrons. The molecule has 0 aliphatic heterocycles. The number of hydrogen-bond acceptors (Lipinski definition) is 12. The molecule has 0 saturated heterocycles. The van der Waals surface area contributed by atoms with Gasteiger partial charge in [-0.05, 0) is 62.1 Å². The number of nitrogens with zero attached hydrogens (tertiary/aromatic N) is 6. The molecule has 0 amide bonds. The van der Waals surface area contributed by atoms with Crippen molar-refractivity contribution >= 4 is 23.9 Å². The Bertz CT molecular complexity index is 1800. The highest BCUT2D eigenvalue weighted by atomic mass is 16.6. The van der Waals surface area contributed by atoms with E-state index in [0.717, 1.165) is 28.9 Å². The van der Waals surface area contributed by atoms with Gasteiger partial charge in [-0.15, -0.1) is 15.0 Å². The number of para-hydroxylation sites is 2. The maximum atomic E-state index is 13.1. The molecule has 0 spiro atoms. The number of ether oxygens (including phenoxy) is 4. The van der Waals surface area contributed by atoms with E-state index < -0.39 is 36.3 Å². The SMILES string of the molecule is CC(=O)Oc1ccccc1C(=O)OC(C)n1nnc(-c2c3c(nn2C(C)OC(=O)c2ccccc2OC(C)=O)[C@@H]2C[C@@H]2C3)n1. The fourth-order valence-electron chi connectivity index (χ4n) is 5.32. The Morgan fingerprint density at radius 1 is 0.818 bits per heavy atom. The van der Waals surface area contributed by atoms with Gasteiger partial charge in [-0.3, -0.25) is 9.59 Å². The summed E-state index contributed by atoms with van der Waals surface area (Å²) in [6.45, 7) is 5.72. The summed E-state index contributed by atoms with van der Waals surface area (Å²) in [6.07, 6.45) is -0.0438. The zero-order valence-electron chi connectivity index (χ0n) is 24.3. The largest absolute Gasteiger partial charge is 0.436 e. The number of carbonyl (C=O) groups excluding carboxylic acids is 4. The molecule has 0 bridgehead atoms. The molecule has 4 aromatic rings. The lowest BCUT2D eigenvalue weighted by atomic mass is 10.1. The van der Waals surface area contributed by atoms with Crippen LogP contribution in [0.15, 0.2) is 48.5 Å². The van der Waals surface area contributed by atoms with E-state index in [0.29, 0.717) is 17.5 Å². The topological polar surface area (TPSA) is 167 Å². The van der Waals surface area contributed by atoms with Crippen LogP contribution in [-0.2, 0) is 25.5 Å². The number of esters is 4. The molecule has 2 aromatic carbocycles. The molecule has 14 heteroatoms. The third kappa shape index (κ3) is 5.53. The fraction of sp³-hybridized carbons (Fsp3) is 0.333. The van der Waals surface area contributed by atoms with Crippen LogP contribution in [0.1, 0.15) is 84.5 Å². The van der Waals surface area contributed by atoms with Crippen molar-refractivity contribution in [3.63, 3.8) is 0 Å². The van der Waals surface area contributed by atoms with Crippen molar-refractivity contribution in [1.82, 2.24) is 30.0 Å². The highest BCUT2D eigenvalue weighted by molar-refractivity contribution is 5.94. The summed E-state index contributed by atoms with van der Waals surface area (Å²) in [6, 6.07) is 12.5. The lowest BCUT2D eigenvalue weighted by Crippen LogP contribution is -2.19. The number of aromatic nitrogens is 6. The highest BCUT2D eigenvalue weighted by Gasteiger charge is 2.50. The van der Waals surface area contributed by atoms with Gasteiger partial charge in [-0.2, -0.15) is 5.10 Å². The second-order valence-corrected chi connectivity index (χ2v) is 10.6. The van der Waals surface area contributed by atoms with E-state index >= 15 is 0 Å². The van der Waals surface area contributed by atoms with Gasteiger partial charge in [0.1, 0.15) is 28.3 Å². The Labute approximate surface area is 250 Å². The van der Waals surface area contributed by atoms with Gasteiger partial charge in [0.15, 0.2) is 6.23 Å². The molecule has 4 atom stereocenters. The average Bonchev–Trinajstić information content (AvgIpc) is 3.28. The smallest absolute Gasteiger partial charge is 0.343 e.